The molecule has 3 aliphatic carbocycles. The third-order valence-electron chi connectivity index (χ3n) is 5.30. The van der Waals surface area contributed by atoms with Gasteiger partial charge in [0.1, 0.15) is 6.04 Å². The first-order chi connectivity index (χ1) is 9.49. The van der Waals surface area contributed by atoms with Gasteiger partial charge in [-0.3, -0.25) is 9.59 Å². The second-order valence-corrected chi connectivity index (χ2v) is 6.35. The molecule has 6 nitrogen and oxygen atoms in total. The minimum absolute atomic E-state index is 0.0204. The Hall–Kier alpha value is -1.59. The van der Waals surface area contributed by atoms with Crippen LogP contribution in [-0.2, 0) is 14.4 Å². The van der Waals surface area contributed by atoms with Gasteiger partial charge in [0.25, 0.3) is 0 Å². The molecule has 1 amide bonds. The number of amides is 1. The van der Waals surface area contributed by atoms with Crippen LogP contribution in [0.15, 0.2) is 0 Å². The van der Waals surface area contributed by atoms with E-state index in [4.69, 9.17) is 10.2 Å². The Morgan fingerprint density at radius 3 is 2.20 bits per heavy atom. The molecule has 110 valence electrons. The van der Waals surface area contributed by atoms with E-state index in [9.17, 15) is 14.4 Å². The molecule has 6 heteroatoms. The maximum absolute atomic E-state index is 12.2. The van der Waals surface area contributed by atoms with Crippen molar-refractivity contribution in [2.24, 2.45) is 29.6 Å². The third kappa shape index (κ3) is 2.17. The molecule has 0 radical (unpaired) electrons. The van der Waals surface area contributed by atoms with Crippen LogP contribution < -0.4 is 5.32 Å². The smallest absolute Gasteiger partial charge is 0.326 e. The highest BCUT2D eigenvalue weighted by Crippen LogP contribution is 2.69. The quantitative estimate of drug-likeness (QED) is 0.665. The molecular formula is C14H19NO5. The summed E-state index contributed by atoms with van der Waals surface area (Å²) in [5.74, 6) is -0.182. The van der Waals surface area contributed by atoms with Crippen molar-refractivity contribution in [2.75, 3.05) is 0 Å². The summed E-state index contributed by atoms with van der Waals surface area (Å²) < 4.78 is 0. The number of carboxylic acid groups (broad SMARTS) is 2. The van der Waals surface area contributed by atoms with Crippen molar-refractivity contribution in [3.05, 3.63) is 0 Å². The summed E-state index contributed by atoms with van der Waals surface area (Å²) in [5.41, 5.74) is 0. The van der Waals surface area contributed by atoms with Crippen molar-refractivity contribution in [3.8, 4) is 0 Å². The van der Waals surface area contributed by atoms with Gasteiger partial charge in [0.2, 0.25) is 5.91 Å². The van der Waals surface area contributed by atoms with Crippen molar-refractivity contribution >= 4 is 17.8 Å². The number of nitrogens with one attached hydrogen (secondary N) is 1. The fourth-order valence-corrected chi connectivity index (χ4v) is 4.47. The largest absolute Gasteiger partial charge is 0.481 e. The highest BCUT2D eigenvalue weighted by molar-refractivity contribution is 5.87. The summed E-state index contributed by atoms with van der Waals surface area (Å²) in [4.78, 5) is 33.8. The average Bonchev–Trinajstić information content (AvgIpc) is 2.82. The predicted molar refractivity (Wildman–Crippen MR) is 67.7 cm³/mol. The van der Waals surface area contributed by atoms with Crippen LogP contribution in [0.4, 0.5) is 0 Å². The summed E-state index contributed by atoms with van der Waals surface area (Å²) in [6.45, 7) is 0. The second kappa shape index (κ2) is 4.75. The highest BCUT2D eigenvalue weighted by Gasteiger charge is 2.67. The number of carboxylic acids is 2. The lowest BCUT2D eigenvalue weighted by atomic mass is 10.0. The maximum Gasteiger partial charge on any atom is 0.326 e. The zero-order valence-corrected chi connectivity index (χ0v) is 11.1. The fraction of sp³-hybridized carbons (Fsp3) is 0.786. The molecule has 3 aliphatic rings. The lowest BCUT2D eigenvalue weighted by Gasteiger charge is -2.15. The molecule has 3 saturated carbocycles. The molecular weight excluding hydrogens is 262 g/mol. The van der Waals surface area contributed by atoms with E-state index in [1.807, 2.05) is 0 Å². The molecule has 0 spiro atoms. The zero-order chi connectivity index (χ0) is 14.4. The summed E-state index contributed by atoms with van der Waals surface area (Å²) in [6, 6.07) is -1.09. The van der Waals surface area contributed by atoms with Gasteiger partial charge >= 0.3 is 11.9 Å². The van der Waals surface area contributed by atoms with Crippen molar-refractivity contribution in [3.63, 3.8) is 0 Å². The topological polar surface area (TPSA) is 104 Å². The summed E-state index contributed by atoms with van der Waals surface area (Å²) >= 11 is 0. The molecule has 4 unspecified atom stereocenters. The number of rotatable bonds is 6. The first kappa shape index (κ1) is 13.4. The molecule has 20 heavy (non-hydrogen) atoms. The van der Waals surface area contributed by atoms with Crippen LogP contribution in [0.2, 0.25) is 0 Å². The average molecular weight is 281 g/mol. The minimum Gasteiger partial charge on any atom is -0.481 e. The third-order valence-corrected chi connectivity index (χ3v) is 5.30. The van der Waals surface area contributed by atoms with E-state index in [0.29, 0.717) is 23.7 Å². The van der Waals surface area contributed by atoms with Gasteiger partial charge in [0.15, 0.2) is 0 Å². The van der Waals surface area contributed by atoms with Gasteiger partial charge in [0.05, 0.1) is 0 Å². The Morgan fingerprint density at radius 1 is 1.10 bits per heavy atom. The maximum atomic E-state index is 12.2. The van der Waals surface area contributed by atoms with E-state index in [1.54, 1.807) is 0 Å². The standard InChI is InChI=1S/C14H19NO5/c16-9(17)4-3-8(14(19)20)15-13(18)12-10-6-1-2-7(5-6)11(10)12/h6-8,10-12H,1-5H2,(H,15,18)(H,16,17)(H,19,20)/t6?,7?,8-,10?,11?,12?/m0/s1. The lowest BCUT2D eigenvalue weighted by molar-refractivity contribution is -0.143. The fourth-order valence-electron chi connectivity index (χ4n) is 4.47. The summed E-state index contributed by atoms with van der Waals surface area (Å²) in [6.07, 6.45) is 3.33. The van der Waals surface area contributed by atoms with E-state index < -0.39 is 18.0 Å². The Labute approximate surface area is 116 Å². The number of aliphatic carboxylic acids is 2. The van der Waals surface area contributed by atoms with E-state index in [2.05, 4.69) is 5.32 Å². The molecule has 0 saturated heterocycles. The van der Waals surface area contributed by atoms with E-state index in [0.717, 1.165) is 0 Å². The van der Waals surface area contributed by atoms with Crippen molar-refractivity contribution in [2.45, 2.75) is 38.1 Å². The summed E-state index contributed by atoms with van der Waals surface area (Å²) in [7, 11) is 0. The summed E-state index contributed by atoms with van der Waals surface area (Å²) in [5, 5.41) is 20.2. The Bertz CT molecular complexity index is 446. The monoisotopic (exact) mass is 281 g/mol. The molecule has 0 heterocycles. The molecule has 3 N–H and O–H groups in total. The van der Waals surface area contributed by atoms with Crippen molar-refractivity contribution in [1.82, 2.24) is 5.32 Å². The molecule has 3 fully saturated rings. The van der Waals surface area contributed by atoms with Crippen molar-refractivity contribution < 1.29 is 24.6 Å². The first-order valence-electron chi connectivity index (χ1n) is 7.24. The highest BCUT2D eigenvalue weighted by atomic mass is 16.4. The molecule has 5 atom stereocenters. The molecule has 2 bridgehead atoms. The SMILES string of the molecule is O=C(O)CC[C@H](NC(=O)C1C2C3CCC(C3)C12)C(=O)O. The lowest BCUT2D eigenvalue weighted by Crippen LogP contribution is -2.42. The van der Waals surface area contributed by atoms with E-state index in [1.165, 1.54) is 19.3 Å². The van der Waals surface area contributed by atoms with Crippen LogP contribution in [-0.4, -0.2) is 34.1 Å². The Morgan fingerprint density at radius 2 is 1.70 bits per heavy atom. The van der Waals surface area contributed by atoms with Gasteiger partial charge in [-0.2, -0.15) is 0 Å². The van der Waals surface area contributed by atoms with Crippen molar-refractivity contribution in [1.29, 1.82) is 0 Å². The van der Waals surface area contributed by atoms with Crippen LogP contribution in [0, 0.1) is 29.6 Å². The first-order valence-corrected chi connectivity index (χ1v) is 7.24. The Kier molecular flexibility index (Phi) is 3.18. The van der Waals surface area contributed by atoms with Crippen LogP contribution >= 0.6 is 0 Å². The van der Waals surface area contributed by atoms with Crippen LogP contribution in [0.25, 0.3) is 0 Å². The number of carbonyl (C=O) groups excluding carboxylic acids is 1. The van der Waals surface area contributed by atoms with Crippen LogP contribution in [0.5, 0.6) is 0 Å². The second-order valence-electron chi connectivity index (χ2n) is 6.35. The zero-order valence-electron chi connectivity index (χ0n) is 11.1. The number of carbonyl (C=O) groups is 3. The van der Waals surface area contributed by atoms with Gasteiger partial charge in [0, 0.05) is 12.3 Å². The van der Waals surface area contributed by atoms with Gasteiger partial charge in [-0.25, -0.2) is 4.79 Å². The number of fused-ring (bicyclic) bond motifs is 5. The van der Waals surface area contributed by atoms with Gasteiger partial charge in [-0.15, -0.1) is 0 Å². The minimum atomic E-state index is -1.16. The molecule has 0 aliphatic heterocycles. The van der Waals surface area contributed by atoms with Gasteiger partial charge in [-0.05, 0) is 49.4 Å². The molecule has 0 aromatic carbocycles. The van der Waals surface area contributed by atoms with Gasteiger partial charge < -0.3 is 15.5 Å². The normalized spacial score (nSPS) is 38.1. The van der Waals surface area contributed by atoms with Crippen LogP contribution in [0.3, 0.4) is 0 Å². The number of hydrogen-bond donors (Lipinski definition) is 3. The van der Waals surface area contributed by atoms with Crippen LogP contribution in [0.1, 0.15) is 32.1 Å². The van der Waals surface area contributed by atoms with Gasteiger partial charge in [-0.1, -0.05) is 0 Å². The molecule has 0 aromatic rings. The predicted octanol–water partition coefficient (Wildman–Crippen LogP) is 0.713. The van der Waals surface area contributed by atoms with E-state index >= 15 is 0 Å². The Balaban J connectivity index is 1.55. The number of hydrogen-bond acceptors (Lipinski definition) is 3. The van der Waals surface area contributed by atoms with E-state index in [-0.39, 0.29) is 24.7 Å². The molecule has 0 aromatic heterocycles. The molecule has 3 rings (SSSR count).